The Hall–Kier alpha value is -1.06. The lowest BCUT2D eigenvalue weighted by Gasteiger charge is -2.18. The lowest BCUT2D eigenvalue weighted by atomic mass is 10.0. The zero-order valence-corrected chi connectivity index (χ0v) is 27.5. The van der Waals surface area contributed by atoms with Crippen molar-refractivity contribution in [3.05, 3.63) is 0 Å². The van der Waals surface area contributed by atoms with Gasteiger partial charge >= 0.3 is 6.03 Å². The lowest BCUT2D eigenvalue weighted by molar-refractivity contribution is -0.128. The van der Waals surface area contributed by atoms with E-state index in [1.54, 1.807) is 0 Å². The van der Waals surface area contributed by atoms with Crippen LogP contribution in [-0.4, -0.2) is 23.4 Å². The van der Waals surface area contributed by atoms with Crippen LogP contribution in [0.4, 0.5) is 4.79 Å². The molecule has 0 saturated heterocycles. The van der Waals surface area contributed by atoms with Crippen LogP contribution in [-0.2, 0) is 4.79 Å². The van der Waals surface area contributed by atoms with Crippen LogP contribution in [0.25, 0.3) is 0 Å². The van der Waals surface area contributed by atoms with Crippen molar-refractivity contribution < 1.29 is 9.59 Å². The first kappa shape index (κ1) is 38.9. The third kappa shape index (κ3) is 28.5. The first-order valence-corrected chi connectivity index (χ1v) is 18.2. The molecule has 238 valence electrons. The Kier molecular flexibility index (Phi) is 31.6. The fourth-order valence-corrected chi connectivity index (χ4v) is 5.78. The molecule has 0 aliphatic carbocycles. The quantitative estimate of drug-likeness (QED) is 0.0826. The summed E-state index contributed by atoms with van der Waals surface area (Å²) in [5, 5.41) is 0. The molecule has 0 spiro atoms. The number of carbonyl (C=O) groups is 2. The first-order valence-electron chi connectivity index (χ1n) is 18.2. The summed E-state index contributed by atoms with van der Waals surface area (Å²) in [5.41, 5.74) is 5.52. The predicted molar refractivity (Wildman–Crippen MR) is 176 cm³/mol. The van der Waals surface area contributed by atoms with Crippen LogP contribution < -0.4 is 5.73 Å². The molecule has 0 aromatic rings. The van der Waals surface area contributed by atoms with Crippen molar-refractivity contribution in [2.45, 2.75) is 213 Å². The van der Waals surface area contributed by atoms with E-state index in [1.807, 2.05) is 0 Å². The Morgan fingerprint density at radius 3 is 0.925 bits per heavy atom. The number of imide groups is 1. The van der Waals surface area contributed by atoms with Crippen LogP contribution in [0.5, 0.6) is 0 Å². The Bertz CT molecular complexity index is 537. The summed E-state index contributed by atoms with van der Waals surface area (Å²) in [6.07, 6.45) is 39.8. The molecule has 4 nitrogen and oxygen atoms in total. The highest BCUT2D eigenvalue weighted by Gasteiger charge is 2.17. The zero-order valence-electron chi connectivity index (χ0n) is 27.5. The molecular formula is C36H72N2O2. The molecule has 0 saturated carbocycles. The van der Waals surface area contributed by atoms with Gasteiger partial charge in [-0.2, -0.15) is 0 Å². The molecule has 0 aliphatic rings. The van der Waals surface area contributed by atoms with Gasteiger partial charge in [-0.25, -0.2) is 4.79 Å². The summed E-state index contributed by atoms with van der Waals surface area (Å²) >= 11 is 0. The lowest BCUT2D eigenvalue weighted by Crippen LogP contribution is -2.41. The molecule has 0 fully saturated rings. The Morgan fingerprint density at radius 2 is 0.650 bits per heavy atom. The van der Waals surface area contributed by atoms with E-state index in [4.69, 9.17) is 5.73 Å². The molecule has 2 N–H and O–H groups in total. The standard InChI is InChI=1S/C36H72N2O2/c1-3-5-7-9-11-13-15-17-19-21-23-25-27-29-31-33-35(39)38(36(37)40)34-32-30-28-26-24-22-20-18-16-14-12-10-8-6-4-2/h3-34H2,1-2H3,(H2,37,40). The predicted octanol–water partition coefficient (Wildman–Crippen LogP) is 12.0. The third-order valence-corrected chi connectivity index (χ3v) is 8.55. The van der Waals surface area contributed by atoms with Crippen molar-refractivity contribution in [1.29, 1.82) is 0 Å². The number of nitrogens with zero attached hydrogens (tertiary/aromatic N) is 1. The molecular weight excluding hydrogens is 492 g/mol. The summed E-state index contributed by atoms with van der Waals surface area (Å²) in [4.78, 5) is 25.6. The molecule has 0 atom stereocenters. The van der Waals surface area contributed by atoms with Crippen LogP contribution in [0, 0.1) is 0 Å². The van der Waals surface area contributed by atoms with Gasteiger partial charge in [0.15, 0.2) is 0 Å². The normalized spacial score (nSPS) is 11.2. The SMILES string of the molecule is CCCCCCCCCCCCCCCCCC(=O)N(CCCCCCCCCCCCCCCCC)C(N)=O. The van der Waals surface area contributed by atoms with Crippen molar-refractivity contribution in [1.82, 2.24) is 4.90 Å². The number of unbranched alkanes of at least 4 members (excludes halogenated alkanes) is 28. The van der Waals surface area contributed by atoms with E-state index in [-0.39, 0.29) is 5.91 Å². The number of carbonyl (C=O) groups excluding carboxylic acids is 2. The Labute approximate surface area is 251 Å². The number of hydrogen-bond donors (Lipinski definition) is 1. The number of amides is 3. The summed E-state index contributed by atoms with van der Waals surface area (Å²) in [6.45, 7) is 5.05. The molecule has 0 bridgehead atoms. The summed E-state index contributed by atoms with van der Waals surface area (Å²) in [5.74, 6) is -0.0763. The Balaban J connectivity index is 3.52. The molecule has 0 heterocycles. The van der Waals surface area contributed by atoms with E-state index in [9.17, 15) is 9.59 Å². The molecule has 0 aliphatic heterocycles. The minimum absolute atomic E-state index is 0.0763. The van der Waals surface area contributed by atoms with Gasteiger partial charge in [-0.05, 0) is 12.8 Å². The molecule has 40 heavy (non-hydrogen) atoms. The average Bonchev–Trinajstić information content (AvgIpc) is 2.94. The summed E-state index contributed by atoms with van der Waals surface area (Å²) in [6, 6.07) is -0.573. The largest absolute Gasteiger partial charge is 0.351 e. The van der Waals surface area contributed by atoms with E-state index in [2.05, 4.69) is 13.8 Å². The van der Waals surface area contributed by atoms with Gasteiger partial charge in [0, 0.05) is 13.0 Å². The van der Waals surface area contributed by atoms with Crippen molar-refractivity contribution in [3.8, 4) is 0 Å². The fraction of sp³-hybridized carbons (Fsp3) is 0.944. The number of nitrogens with two attached hydrogens (primary N) is 1. The highest BCUT2D eigenvalue weighted by Crippen LogP contribution is 2.16. The van der Waals surface area contributed by atoms with Gasteiger partial charge in [0.1, 0.15) is 0 Å². The molecule has 0 rings (SSSR count). The minimum atomic E-state index is -0.573. The second-order valence-electron chi connectivity index (χ2n) is 12.5. The van der Waals surface area contributed by atoms with E-state index < -0.39 is 6.03 Å². The maximum atomic E-state index is 12.5. The zero-order chi connectivity index (χ0) is 29.4. The van der Waals surface area contributed by atoms with Crippen LogP contribution in [0.1, 0.15) is 213 Å². The van der Waals surface area contributed by atoms with Gasteiger partial charge in [-0.3, -0.25) is 9.69 Å². The smallest absolute Gasteiger partial charge is 0.321 e. The Morgan fingerprint density at radius 1 is 0.400 bits per heavy atom. The van der Waals surface area contributed by atoms with Crippen molar-refractivity contribution in [2.75, 3.05) is 6.54 Å². The van der Waals surface area contributed by atoms with Crippen LogP contribution in [0.3, 0.4) is 0 Å². The van der Waals surface area contributed by atoms with Gasteiger partial charge in [-0.15, -0.1) is 0 Å². The highest BCUT2D eigenvalue weighted by molar-refractivity contribution is 5.93. The molecule has 0 radical (unpaired) electrons. The molecule has 0 aromatic carbocycles. The van der Waals surface area contributed by atoms with Crippen LogP contribution in [0.15, 0.2) is 0 Å². The van der Waals surface area contributed by atoms with Crippen LogP contribution >= 0.6 is 0 Å². The van der Waals surface area contributed by atoms with Crippen LogP contribution in [0.2, 0.25) is 0 Å². The first-order chi connectivity index (χ1) is 19.6. The number of hydrogen-bond acceptors (Lipinski definition) is 2. The van der Waals surface area contributed by atoms with E-state index in [0.717, 1.165) is 25.7 Å². The van der Waals surface area contributed by atoms with Gasteiger partial charge < -0.3 is 5.73 Å². The molecule has 3 amide bonds. The fourth-order valence-electron chi connectivity index (χ4n) is 5.78. The maximum absolute atomic E-state index is 12.5. The number of rotatable bonds is 32. The highest BCUT2D eigenvalue weighted by atomic mass is 16.2. The topological polar surface area (TPSA) is 63.4 Å². The van der Waals surface area contributed by atoms with Gasteiger partial charge in [-0.1, -0.05) is 194 Å². The third-order valence-electron chi connectivity index (χ3n) is 8.55. The summed E-state index contributed by atoms with van der Waals surface area (Å²) in [7, 11) is 0. The second-order valence-corrected chi connectivity index (χ2v) is 12.5. The number of primary amides is 1. The van der Waals surface area contributed by atoms with Gasteiger partial charge in [0.05, 0.1) is 0 Å². The van der Waals surface area contributed by atoms with E-state index in [1.165, 1.54) is 172 Å². The average molecular weight is 565 g/mol. The number of urea groups is 1. The molecule has 4 heteroatoms. The monoisotopic (exact) mass is 565 g/mol. The molecule has 0 aromatic heterocycles. The van der Waals surface area contributed by atoms with Crippen molar-refractivity contribution in [3.63, 3.8) is 0 Å². The second kappa shape index (κ2) is 32.5. The van der Waals surface area contributed by atoms with Crippen molar-refractivity contribution >= 4 is 11.9 Å². The maximum Gasteiger partial charge on any atom is 0.321 e. The van der Waals surface area contributed by atoms with Gasteiger partial charge in [0.2, 0.25) is 5.91 Å². The van der Waals surface area contributed by atoms with Crippen molar-refractivity contribution in [2.24, 2.45) is 5.73 Å². The minimum Gasteiger partial charge on any atom is -0.351 e. The molecule has 0 unspecified atom stereocenters. The van der Waals surface area contributed by atoms with E-state index in [0.29, 0.717) is 13.0 Å². The summed E-state index contributed by atoms with van der Waals surface area (Å²) < 4.78 is 0. The van der Waals surface area contributed by atoms with E-state index >= 15 is 0 Å². The van der Waals surface area contributed by atoms with Gasteiger partial charge in [0.25, 0.3) is 0 Å².